The molecule has 0 radical (unpaired) electrons. The molecule has 2 aliphatic rings. The number of amidine groups is 1. The zero-order valence-electron chi connectivity index (χ0n) is 17.0. The predicted molar refractivity (Wildman–Crippen MR) is 128 cm³/mol. The molecule has 3 aromatic rings. The number of hydrogen-bond donors (Lipinski definition) is 0. The van der Waals surface area contributed by atoms with Crippen molar-refractivity contribution >= 4 is 46.0 Å². The Labute approximate surface area is 189 Å². The number of amides is 1. The third-order valence-corrected chi connectivity index (χ3v) is 7.44. The third kappa shape index (κ3) is 3.82. The number of ether oxygens (including phenoxy) is 1. The number of carbonyl (C=O) groups excluding carboxylic acids is 1. The lowest BCUT2D eigenvalue weighted by atomic mass is 10.3. The molecule has 2 heterocycles. The van der Waals surface area contributed by atoms with Crippen molar-refractivity contribution in [2.45, 2.75) is 4.90 Å². The van der Waals surface area contributed by atoms with Crippen LogP contribution < -0.4 is 9.64 Å². The van der Waals surface area contributed by atoms with Crippen molar-refractivity contribution in [3.63, 3.8) is 0 Å². The van der Waals surface area contributed by atoms with Crippen molar-refractivity contribution in [2.75, 3.05) is 19.0 Å². The maximum atomic E-state index is 13.0. The Morgan fingerprint density at radius 1 is 0.774 bits per heavy atom. The van der Waals surface area contributed by atoms with Crippen LogP contribution in [0.25, 0.3) is 0 Å². The number of rotatable bonds is 3. The fourth-order valence-corrected chi connectivity index (χ4v) is 5.63. The molecule has 0 saturated carbocycles. The summed E-state index contributed by atoms with van der Waals surface area (Å²) in [6.07, 6.45) is 0. The average molecular weight is 446 g/mol. The highest BCUT2D eigenvalue weighted by Crippen LogP contribution is 2.49. The minimum absolute atomic E-state index is 0.0325. The molecule has 0 atom stereocenters. The van der Waals surface area contributed by atoms with E-state index in [0.29, 0.717) is 10.1 Å². The van der Waals surface area contributed by atoms with Gasteiger partial charge in [-0.1, -0.05) is 42.1 Å². The van der Waals surface area contributed by atoms with Crippen LogP contribution in [-0.4, -0.2) is 30.1 Å². The molecule has 0 spiro atoms. The average Bonchev–Trinajstić information content (AvgIpc) is 3.27. The maximum Gasteiger partial charge on any atom is 0.269 e. The van der Waals surface area contributed by atoms with Crippen molar-refractivity contribution in [3.8, 4) is 11.5 Å². The van der Waals surface area contributed by atoms with E-state index in [4.69, 9.17) is 9.73 Å². The van der Waals surface area contributed by atoms with Gasteiger partial charge in [0.25, 0.3) is 5.91 Å². The zero-order chi connectivity index (χ0) is 21.4. The van der Waals surface area contributed by atoms with Crippen molar-refractivity contribution in [2.24, 2.45) is 4.99 Å². The second-order valence-corrected chi connectivity index (χ2v) is 9.04. The lowest BCUT2D eigenvalue weighted by Crippen LogP contribution is -2.24. The van der Waals surface area contributed by atoms with E-state index in [1.807, 2.05) is 73.8 Å². The Morgan fingerprint density at radius 2 is 1.45 bits per heavy atom. The first-order chi connectivity index (χ1) is 15.1. The Kier molecular flexibility index (Phi) is 5.21. The van der Waals surface area contributed by atoms with Gasteiger partial charge in [-0.2, -0.15) is 0 Å². The summed E-state index contributed by atoms with van der Waals surface area (Å²) in [6.45, 7) is 0. The molecule has 1 fully saturated rings. The third-order valence-electron chi connectivity index (χ3n) is 4.95. The number of aliphatic imine (C=N–C) groups is 1. The van der Waals surface area contributed by atoms with Gasteiger partial charge in [0, 0.05) is 19.0 Å². The summed E-state index contributed by atoms with van der Waals surface area (Å²) in [6, 6.07) is 25.4. The number of benzene rings is 3. The molecule has 0 aromatic heterocycles. The van der Waals surface area contributed by atoms with E-state index < -0.39 is 0 Å². The van der Waals surface area contributed by atoms with Gasteiger partial charge in [0.1, 0.15) is 16.4 Å². The Hall–Kier alpha value is -3.16. The van der Waals surface area contributed by atoms with Crippen LogP contribution in [0, 0.1) is 0 Å². The highest BCUT2D eigenvalue weighted by atomic mass is 32.2. The highest BCUT2D eigenvalue weighted by Gasteiger charge is 2.37. The zero-order valence-corrected chi connectivity index (χ0v) is 18.6. The summed E-state index contributed by atoms with van der Waals surface area (Å²) in [5, 5.41) is 1.61. The first-order valence-corrected chi connectivity index (χ1v) is 11.4. The number of carbonyl (C=O) groups is 1. The minimum atomic E-state index is -0.0325. The van der Waals surface area contributed by atoms with Crippen molar-refractivity contribution in [3.05, 3.63) is 88.8 Å². The second-order valence-electron chi connectivity index (χ2n) is 7.03. The Balaban J connectivity index is 1.37. The topological polar surface area (TPSA) is 45.1 Å². The van der Waals surface area contributed by atoms with Gasteiger partial charge in [0.15, 0.2) is 5.17 Å². The summed E-state index contributed by atoms with van der Waals surface area (Å²) in [5.41, 5.74) is 1.88. The van der Waals surface area contributed by atoms with Crippen LogP contribution in [0.3, 0.4) is 0 Å². The van der Waals surface area contributed by atoms with Gasteiger partial charge in [-0.05, 0) is 60.3 Å². The maximum absolute atomic E-state index is 13.0. The molecule has 1 amide bonds. The van der Waals surface area contributed by atoms with Crippen LogP contribution in [0.5, 0.6) is 11.5 Å². The fraction of sp³-hybridized carbons (Fsp3) is 0.0833. The molecular weight excluding hydrogens is 426 g/mol. The van der Waals surface area contributed by atoms with Crippen LogP contribution in [0.4, 0.5) is 11.4 Å². The van der Waals surface area contributed by atoms with Gasteiger partial charge in [-0.3, -0.25) is 9.69 Å². The van der Waals surface area contributed by atoms with Crippen molar-refractivity contribution < 1.29 is 9.53 Å². The van der Waals surface area contributed by atoms with Gasteiger partial charge in [-0.15, -0.1) is 0 Å². The van der Waals surface area contributed by atoms with E-state index in [0.717, 1.165) is 32.8 Å². The Bertz CT molecular complexity index is 1210. The number of thioether (sulfide) groups is 2. The van der Waals surface area contributed by atoms with E-state index >= 15 is 0 Å². The SMILES string of the molecule is CN1C(=O)/C(=C2/Sc3ccccc3N2C)SC1=Nc1ccc(Oc2ccccc2)cc1. The van der Waals surface area contributed by atoms with E-state index in [9.17, 15) is 4.79 Å². The van der Waals surface area contributed by atoms with E-state index in [2.05, 4.69) is 17.0 Å². The van der Waals surface area contributed by atoms with Gasteiger partial charge in [0.05, 0.1) is 16.4 Å². The molecule has 3 aromatic carbocycles. The molecule has 1 saturated heterocycles. The monoisotopic (exact) mass is 445 g/mol. The number of fused-ring (bicyclic) bond motifs is 1. The first kappa shape index (κ1) is 19.8. The van der Waals surface area contributed by atoms with Gasteiger partial charge in [-0.25, -0.2) is 4.99 Å². The number of likely N-dealkylation sites (N-methyl/N-ethyl adjacent to an activating group) is 1. The first-order valence-electron chi connectivity index (χ1n) is 9.72. The van der Waals surface area contributed by atoms with Gasteiger partial charge >= 0.3 is 0 Å². The molecule has 5 rings (SSSR count). The molecule has 7 heteroatoms. The molecule has 154 valence electrons. The lowest BCUT2D eigenvalue weighted by molar-refractivity contribution is -0.121. The fourth-order valence-electron chi connectivity index (χ4n) is 3.30. The van der Waals surface area contributed by atoms with Gasteiger partial charge < -0.3 is 9.64 Å². The standard InChI is InChI=1S/C24H19N3O2S2/c1-26-19-10-6-7-11-20(19)30-23(26)21-22(28)27(2)24(31-21)25-16-12-14-18(15-13-16)29-17-8-4-3-5-9-17/h3-15H,1-2H3/b23-21-,25-24?. The summed E-state index contributed by atoms with van der Waals surface area (Å²) in [5.74, 6) is 1.49. The lowest BCUT2D eigenvalue weighted by Gasteiger charge is -2.14. The van der Waals surface area contributed by atoms with Crippen LogP contribution >= 0.6 is 23.5 Å². The number of nitrogens with zero attached hydrogens (tertiary/aromatic N) is 3. The Morgan fingerprint density at radius 3 is 2.19 bits per heavy atom. The largest absolute Gasteiger partial charge is 0.457 e. The molecule has 2 aliphatic heterocycles. The van der Waals surface area contributed by atoms with E-state index in [1.165, 1.54) is 11.8 Å². The summed E-state index contributed by atoms with van der Waals surface area (Å²) in [7, 11) is 3.76. The molecule has 0 unspecified atom stereocenters. The molecule has 0 aliphatic carbocycles. The van der Waals surface area contributed by atoms with Crippen molar-refractivity contribution in [1.29, 1.82) is 0 Å². The molecule has 0 N–H and O–H groups in total. The van der Waals surface area contributed by atoms with E-state index in [-0.39, 0.29) is 5.91 Å². The quantitative estimate of drug-likeness (QED) is 0.457. The second kappa shape index (κ2) is 8.17. The minimum Gasteiger partial charge on any atom is -0.457 e. The summed E-state index contributed by atoms with van der Waals surface area (Å²) in [4.78, 5) is 23.2. The normalized spacial score (nSPS) is 19.3. The molecule has 5 nitrogen and oxygen atoms in total. The number of anilines is 1. The summed E-state index contributed by atoms with van der Waals surface area (Å²) < 4.78 is 5.83. The molecule has 31 heavy (non-hydrogen) atoms. The van der Waals surface area contributed by atoms with E-state index in [1.54, 1.807) is 23.7 Å². The van der Waals surface area contributed by atoms with Crippen molar-refractivity contribution in [1.82, 2.24) is 4.90 Å². The summed E-state index contributed by atoms with van der Waals surface area (Å²) >= 11 is 3.04. The number of para-hydroxylation sites is 2. The van der Waals surface area contributed by atoms with Gasteiger partial charge in [0.2, 0.25) is 0 Å². The molecular formula is C24H19N3O2S2. The smallest absolute Gasteiger partial charge is 0.269 e. The highest BCUT2D eigenvalue weighted by molar-refractivity contribution is 8.19. The predicted octanol–water partition coefficient (Wildman–Crippen LogP) is 6.08. The van der Waals surface area contributed by atoms with Crippen LogP contribution in [0.15, 0.2) is 98.7 Å². The van der Waals surface area contributed by atoms with Crippen LogP contribution in [0.1, 0.15) is 0 Å². The van der Waals surface area contributed by atoms with Crippen LogP contribution in [0.2, 0.25) is 0 Å². The number of hydrogen-bond acceptors (Lipinski definition) is 6. The molecule has 0 bridgehead atoms. The van der Waals surface area contributed by atoms with Crippen LogP contribution in [-0.2, 0) is 4.79 Å².